The van der Waals surface area contributed by atoms with Crippen LogP contribution in [0.1, 0.15) is 17.2 Å². The summed E-state index contributed by atoms with van der Waals surface area (Å²) < 4.78 is 43.0. The summed E-state index contributed by atoms with van der Waals surface area (Å²) in [6.07, 6.45) is -4.38. The van der Waals surface area contributed by atoms with Gasteiger partial charge in [0.15, 0.2) is 5.58 Å². The molecule has 11 heteroatoms. The lowest BCUT2D eigenvalue weighted by Crippen LogP contribution is -2.20. The molecule has 0 aliphatic rings. The van der Waals surface area contributed by atoms with Crippen molar-refractivity contribution < 1.29 is 17.6 Å². The summed E-state index contributed by atoms with van der Waals surface area (Å²) in [7, 11) is 0. The van der Waals surface area contributed by atoms with Crippen LogP contribution in [-0.4, -0.2) is 21.7 Å². The van der Waals surface area contributed by atoms with Crippen LogP contribution >= 0.6 is 11.3 Å². The van der Waals surface area contributed by atoms with Gasteiger partial charge in [-0.3, -0.25) is 4.98 Å². The third kappa shape index (κ3) is 4.15. The van der Waals surface area contributed by atoms with Gasteiger partial charge in [0, 0.05) is 18.2 Å². The monoisotopic (exact) mass is 421 g/mol. The van der Waals surface area contributed by atoms with Crippen molar-refractivity contribution in [3.8, 4) is 10.6 Å². The number of nitrogens with two attached hydrogens (primary N) is 1. The van der Waals surface area contributed by atoms with Crippen molar-refractivity contribution in [3.05, 3.63) is 64.1 Å². The van der Waals surface area contributed by atoms with E-state index in [9.17, 15) is 18.0 Å². The topological polar surface area (TPSA) is 110 Å². The van der Waals surface area contributed by atoms with E-state index in [1.807, 2.05) is 0 Å². The number of rotatable bonds is 5. The summed E-state index contributed by atoms with van der Waals surface area (Å²) in [5.41, 5.74) is 7.65. The number of halogens is 3. The maximum atomic E-state index is 12.6. The fourth-order valence-corrected chi connectivity index (χ4v) is 3.47. The van der Waals surface area contributed by atoms with Gasteiger partial charge in [-0.2, -0.15) is 13.2 Å². The fourth-order valence-electron chi connectivity index (χ4n) is 2.72. The first-order valence-electron chi connectivity index (χ1n) is 8.43. The number of hydrogen-bond acceptors (Lipinski definition) is 7. The van der Waals surface area contributed by atoms with Crippen LogP contribution in [0.15, 0.2) is 51.7 Å². The van der Waals surface area contributed by atoms with E-state index in [1.54, 1.807) is 18.2 Å². The molecular weight excluding hydrogens is 407 g/mol. The van der Waals surface area contributed by atoms with Gasteiger partial charge in [0.25, 0.3) is 0 Å². The lowest BCUT2D eigenvalue weighted by atomic mass is 10.1. The number of aromatic nitrogens is 3. The van der Waals surface area contributed by atoms with Gasteiger partial charge in [-0.05, 0) is 35.9 Å². The van der Waals surface area contributed by atoms with Gasteiger partial charge in [-0.1, -0.05) is 23.5 Å². The van der Waals surface area contributed by atoms with Gasteiger partial charge in [-0.25, -0.2) is 4.79 Å². The third-order valence-electron chi connectivity index (χ3n) is 4.23. The zero-order valence-corrected chi connectivity index (χ0v) is 15.5. The SMILES string of the molecule is N[C@H](CNc1nnc(-c2ccc3[nH]c(=O)oc3c2)s1)c1ccc(C(F)(F)F)cc1. The van der Waals surface area contributed by atoms with E-state index in [4.69, 9.17) is 10.2 Å². The smallest absolute Gasteiger partial charge is 0.408 e. The quantitative estimate of drug-likeness (QED) is 0.453. The molecule has 0 unspecified atom stereocenters. The molecule has 7 nitrogen and oxygen atoms in total. The molecular formula is C18H14F3N5O2S. The molecule has 0 radical (unpaired) electrons. The molecule has 29 heavy (non-hydrogen) atoms. The molecule has 4 aromatic rings. The van der Waals surface area contributed by atoms with Crippen molar-refractivity contribution in [2.45, 2.75) is 12.2 Å². The first-order valence-corrected chi connectivity index (χ1v) is 9.24. The minimum absolute atomic E-state index is 0.270. The molecule has 1 atom stereocenters. The Balaban J connectivity index is 1.42. The van der Waals surface area contributed by atoms with Gasteiger partial charge in [0.05, 0.1) is 11.1 Å². The molecule has 0 fully saturated rings. The fraction of sp³-hybridized carbons (Fsp3) is 0.167. The first-order chi connectivity index (χ1) is 13.8. The third-order valence-corrected chi connectivity index (χ3v) is 5.16. The van der Waals surface area contributed by atoms with E-state index in [0.717, 1.165) is 17.7 Å². The standard InChI is InChI=1S/C18H14F3N5O2S/c19-18(20,21)11-4-1-9(2-5-11)12(22)8-23-16-26-25-15(29-16)10-3-6-13-14(7-10)28-17(27)24-13/h1-7,12H,8,22H2,(H,23,26)(H,24,27)/t12-/m1/s1. The molecule has 4 rings (SSSR count). The van der Waals surface area contributed by atoms with Gasteiger partial charge < -0.3 is 15.5 Å². The Morgan fingerprint density at radius 1 is 1.17 bits per heavy atom. The number of nitrogens with one attached hydrogen (secondary N) is 2. The normalized spacial score (nSPS) is 13.0. The number of H-pyrrole nitrogens is 1. The van der Waals surface area contributed by atoms with E-state index < -0.39 is 23.5 Å². The molecule has 0 aliphatic carbocycles. The molecule has 2 aromatic carbocycles. The lowest BCUT2D eigenvalue weighted by Gasteiger charge is -2.13. The number of benzene rings is 2. The van der Waals surface area contributed by atoms with Gasteiger partial charge in [-0.15, -0.1) is 10.2 Å². The average molecular weight is 421 g/mol. The van der Waals surface area contributed by atoms with E-state index in [2.05, 4.69) is 20.5 Å². The largest absolute Gasteiger partial charge is 0.417 e. The molecule has 0 aliphatic heterocycles. The van der Waals surface area contributed by atoms with Crippen LogP contribution in [0.2, 0.25) is 0 Å². The summed E-state index contributed by atoms with van der Waals surface area (Å²) in [6.45, 7) is 0.270. The Kier molecular flexibility index (Phi) is 4.84. The van der Waals surface area contributed by atoms with Crippen LogP contribution in [-0.2, 0) is 6.18 Å². The highest BCUT2D eigenvalue weighted by molar-refractivity contribution is 7.18. The van der Waals surface area contributed by atoms with Crippen LogP contribution in [0.4, 0.5) is 18.3 Å². The second kappa shape index (κ2) is 7.33. The zero-order chi connectivity index (χ0) is 20.6. The van der Waals surface area contributed by atoms with Gasteiger partial charge in [0.2, 0.25) is 5.13 Å². The van der Waals surface area contributed by atoms with Crippen molar-refractivity contribution in [3.63, 3.8) is 0 Å². The van der Waals surface area contributed by atoms with Crippen LogP contribution in [0.25, 0.3) is 21.7 Å². The van der Waals surface area contributed by atoms with Crippen molar-refractivity contribution in [1.29, 1.82) is 0 Å². The summed E-state index contributed by atoms with van der Waals surface area (Å²) >= 11 is 1.28. The molecule has 0 saturated heterocycles. The Hall–Kier alpha value is -3.18. The van der Waals surface area contributed by atoms with Crippen LogP contribution in [0.5, 0.6) is 0 Å². The predicted octanol–water partition coefficient (Wildman–Crippen LogP) is 3.77. The molecule has 150 valence electrons. The minimum Gasteiger partial charge on any atom is -0.408 e. The number of aromatic amines is 1. The number of oxazole rings is 1. The van der Waals surface area contributed by atoms with Crippen molar-refractivity contribution >= 4 is 27.6 Å². The highest BCUT2D eigenvalue weighted by Gasteiger charge is 2.30. The highest BCUT2D eigenvalue weighted by Crippen LogP contribution is 2.30. The average Bonchev–Trinajstić information content (AvgIpc) is 3.30. The Labute approximate surface area is 165 Å². The summed E-state index contributed by atoms with van der Waals surface area (Å²) in [6, 6.07) is 9.40. The molecule has 0 saturated carbocycles. The molecule has 0 spiro atoms. The molecule has 2 aromatic heterocycles. The summed E-state index contributed by atoms with van der Waals surface area (Å²) in [5.74, 6) is -0.533. The minimum atomic E-state index is -4.38. The van der Waals surface area contributed by atoms with Crippen LogP contribution in [0.3, 0.4) is 0 Å². The Morgan fingerprint density at radius 3 is 2.66 bits per heavy atom. The van der Waals surface area contributed by atoms with E-state index in [0.29, 0.717) is 26.8 Å². The van der Waals surface area contributed by atoms with E-state index >= 15 is 0 Å². The second-order valence-electron chi connectivity index (χ2n) is 6.24. The molecule has 2 heterocycles. The predicted molar refractivity (Wildman–Crippen MR) is 103 cm³/mol. The second-order valence-corrected chi connectivity index (χ2v) is 7.22. The maximum absolute atomic E-state index is 12.6. The number of nitrogens with zero attached hydrogens (tertiary/aromatic N) is 2. The van der Waals surface area contributed by atoms with Gasteiger partial charge in [0.1, 0.15) is 5.01 Å². The molecule has 0 amide bonds. The van der Waals surface area contributed by atoms with Crippen molar-refractivity contribution in [2.24, 2.45) is 5.73 Å². The maximum Gasteiger partial charge on any atom is 0.417 e. The summed E-state index contributed by atoms with van der Waals surface area (Å²) in [4.78, 5) is 13.8. The number of fused-ring (bicyclic) bond motifs is 1. The number of hydrogen-bond donors (Lipinski definition) is 3. The lowest BCUT2D eigenvalue weighted by molar-refractivity contribution is -0.137. The highest BCUT2D eigenvalue weighted by atomic mass is 32.1. The number of anilines is 1. The van der Waals surface area contributed by atoms with Crippen molar-refractivity contribution in [1.82, 2.24) is 15.2 Å². The number of alkyl halides is 3. The Morgan fingerprint density at radius 2 is 1.93 bits per heavy atom. The zero-order valence-electron chi connectivity index (χ0n) is 14.7. The first kappa shape index (κ1) is 19.2. The van der Waals surface area contributed by atoms with Gasteiger partial charge >= 0.3 is 11.9 Å². The summed E-state index contributed by atoms with van der Waals surface area (Å²) in [5, 5.41) is 12.3. The van der Waals surface area contributed by atoms with E-state index in [-0.39, 0.29) is 6.54 Å². The molecule has 0 bridgehead atoms. The van der Waals surface area contributed by atoms with Crippen LogP contribution in [0, 0.1) is 0 Å². The Bertz CT molecular complexity index is 1200. The van der Waals surface area contributed by atoms with Crippen LogP contribution < -0.4 is 16.8 Å². The van der Waals surface area contributed by atoms with E-state index in [1.165, 1.54) is 23.5 Å². The van der Waals surface area contributed by atoms with Crippen molar-refractivity contribution in [2.75, 3.05) is 11.9 Å². The molecule has 4 N–H and O–H groups in total.